The van der Waals surface area contributed by atoms with Crippen molar-refractivity contribution in [3.05, 3.63) is 69.7 Å². The second-order valence-electron chi connectivity index (χ2n) is 12.7. The number of hydrogen-bond donors (Lipinski definition) is 1. The van der Waals surface area contributed by atoms with Crippen LogP contribution in [0, 0.1) is 17.6 Å². The summed E-state index contributed by atoms with van der Waals surface area (Å²) >= 11 is 6.05. The van der Waals surface area contributed by atoms with E-state index in [2.05, 4.69) is 4.90 Å². The normalized spacial score (nSPS) is 25.9. The van der Waals surface area contributed by atoms with E-state index in [4.69, 9.17) is 16.3 Å². The highest BCUT2D eigenvalue weighted by atomic mass is 35.5. The van der Waals surface area contributed by atoms with Crippen molar-refractivity contribution >= 4 is 23.5 Å². The van der Waals surface area contributed by atoms with Crippen LogP contribution in [0.25, 0.3) is 0 Å². The number of likely N-dealkylation sites (tertiary alicyclic amines) is 1. The van der Waals surface area contributed by atoms with Gasteiger partial charge in [-0.3, -0.25) is 19.4 Å². The average Bonchev–Trinajstić information content (AvgIpc) is 3.75. The molecule has 4 aliphatic rings. The van der Waals surface area contributed by atoms with E-state index in [0.29, 0.717) is 68.0 Å². The van der Waals surface area contributed by atoms with E-state index in [1.54, 1.807) is 24.3 Å². The zero-order valence-corrected chi connectivity index (χ0v) is 25.3. The van der Waals surface area contributed by atoms with Crippen molar-refractivity contribution in [2.75, 3.05) is 45.9 Å². The molecule has 44 heavy (non-hydrogen) atoms. The van der Waals surface area contributed by atoms with Crippen molar-refractivity contribution in [3.8, 4) is 0 Å². The Balaban J connectivity index is 0.00000384. The standard InChI is InChI=1S/C33H40ClF2N3O4.CH4/c1-20-17-37(31(33(41)42)15-23-5-4-22(14-29(23)35)21-2-3-21)10-11-39(20)32(40)28-19-38(25-8-12-43-13-9-25)18-27(28)26-7-6-24(34)16-30(26)36;/h4-7,14,16,20-21,25,27-28,31H,2-3,8-13,15,17-19H2,1H3,(H,41,42);1H4/t20-,27-,28+,31-;/m0./s1. The minimum absolute atomic E-state index is 0. The van der Waals surface area contributed by atoms with Gasteiger partial charge in [0.1, 0.15) is 17.7 Å². The highest BCUT2D eigenvalue weighted by Gasteiger charge is 2.45. The van der Waals surface area contributed by atoms with Gasteiger partial charge in [0, 0.05) is 75.4 Å². The van der Waals surface area contributed by atoms with Crippen LogP contribution in [-0.4, -0.2) is 95.7 Å². The van der Waals surface area contributed by atoms with Crippen molar-refractivity contribution < 1.29 is 28.2 Å². The molecule has 2 aromatic carbocycles. The van der Waals surface area contributed by atoms with Gasteiger partial charge in [0.25, 0.3) is 0 Å². The first-order chi connectivity index (χ1) is 20.7. The zero-order valence-electron chi connectivity index (χ0n) is 24.6. The van der Waals surface area contributed by atoms with E-state index in [0.717, 1.165) is 31.2 Å². The lowest BCUT2D eigenvalue weighted by Gasteiger charge is -2.43. The lowest BCUT2D eigenvalue weighted by Crippen LogP contribution is -2.59. The molecule has 2 aromatic rings. The summed E-state index contributed by atoms with van der Waals surface area (Å²) in [7, 11) is 0. The number of carboxylic acid groups (broad SMARTS) is 1. The van der Waals surface area contributed by atoms with Crippen LogP contribution in [0.3, 0.4) is 0 Å². The number of carboxylic acids is 1. The number of nitrogens with zero attached hydrogens (tertiary/aromatic N) is 3. The minimum Gasteiger partial charge on any atom is -0.480 e. The Kier molecular flexibility index (Phi) is 10.3. The van der Waals surface area contributed by atoms with Gasteiger partial charge in [-0.15, -0.1) is 0 Å². The minimum atomic E-state index is -1.00. The van der Waals surface area contributed by atoms with Gasteiger partial charge in [-0.05, 0) is 73.4 Å². The zero-order chi connectivity index (χ0) is 30.2. The van der Waals surface area contributed by atoms with Crippen LogP contribution >= 0.6 is 11.6 Å². The molecule has 0 bridgehead atoms. The molecule has 3 heterocycles. The predicted molar refractivity (Wildman–Crippen MR) is 166 cm³/mol. The molecule has 0 spiro atoms. The lowest BCUT2D eigenvalue weighted by molar-refractivity contribution is -0.147. The summed E-state index contributed by atoms with van der Waals surface area (Å²) in [5.41, 5.74) is 1.88. The van der Waals surface area contributed by atoms with Gasteiger partial charge in [0.2, 0.25) is 5.91 Å². The van der Waals surface area contributed by atoms with Crippen molar-refractivity contribution in [1.82, 2.24) is 14.7 Å². The Hall–Kier alpha value is -2.59. The highest BCUT2D eigenvalue weighted by Crippen LogP contribution is 2.41. The third kappa shape index (κ3) is 6.96. The molecule has 0 unspecified atom stereocenters. The molecule has 1 aliphatic carbocycles. The molecule has 240 valence electrons. The molecule has 4 fully saturated rings. The molecule has 1 saturated carbocycles. The Morgan fingerprint density at radius 2 is 1.75 bits per heavy atom. The van der Waals surface area contributed by atoms with Crippen LogP contribution in [0.5, 0.6) is 0 Å². The average molecular weight is 632 g/mol. The summed E-state index contributed by atoms with van der Waals surface area (Å²) in [6.45, 7) is 5.49. The molecule has 0 aromatic heterocycles. The third-order valence-corrected chi connectivity index (χ3v) is 10.2. The van der Waals surface area contributed by atoms with Crippen LogP contribution in [0.4, 0.5) is 8.78 Å². The molecular weight excluding hydrogens is 588 g/mol. The van der Waals surface area contributed by atoms with E-state index in [1.165, 1.54) is 6.07 Å². The number of halogens is 3. The first-order valence-corrected chi connectivity index (χ1v) is 15.9. The van der Waals surface area contributed by atoms with Gasteiger partial charge < -0.3 is 14.7 Å². The number of carbonyl (C=O) groups is 2. The molecule has 3 aliphatic heterocycles. The maximum Gasteiger partial charge on any atom is 0.321 e. The summed E-state index contributed by atoms with van der Waals surface area (Å²) < 4.78 is 35.7. The fourth-order valence-electron chi connectivity index (χ4n) is 7.34. The number of aliphatic carboxylic acids is 1. The molecule has 6 rings (SSSR count). The van der Waals surface area contributed by atoms with Crippen LogP contribution in [-0.2, 0) is 20.7 Å². The summed E-state index contributed by atoms with van der Waals surface area (Å²) in [6.07, 6.45) is 3.97. The number of rotatable bonds is 8. The Bertz CT molecular complexity index is 1350. The van der Waals surface area contributed by atoms with Gasteiger partial charge in [-0.25, -0.2) is 8.78 Å². The SMILES string of the molecule is C.C[C@H]1CN([C@@H](Cc2ccc(C3CC3)cc2F)C(=O)O)CCN1C(=O)[C@@H]1CN(C2CCOCC2)C[C@H]1c1ccc(Cl)cc1F. The molecule has 7 nitrogen and oxygen atoms in total. The predicted octanol–water partition coefficient (Wildman–Crippen LogP) is 5.55. The smallest absolute Gasteiger partial charge is 0.321 e. The Labute approximate surface area is 264 Å². The first-order valence-electron chi connectivity index (χ1n) is 15.5. The van der Waals surface area contributed by atoms with Crippen molar-refractivity contribution in [3.63, 3.8) is 0 Å². The van der Waals surface area contributed by atoms with Gasteiger partial charge in [-0.2, -0.15) is 0 Å². The Morgan fingerprint density at radius 1 is 1.00 bits per heavy atom. The van der Waals surface area contributed by atoms with Crippen LogP contribution in [0.1, 0.15) is 68.6 Å². The van der Waals surface area contributed by atoms with E-state index in [9.17, 15) is 19.1 Å². The molecule has 1 amide bonds. The number of benzene rings is 2. The summed E-state index contributed by atoms with van der Waals surface area (Å²) in [5.74, 6) is -2.11. The van der Waals surface area contributed by atoms with Gasteiger partial charge in [-0.1, -0.05) is 37.2 Å². The van der Waals surface area contributed by atoms with Crippen LogP contribution in [0.2, 0.25) is 5.02 Å². The van der Waals surface area contributed by atoms with E-state index in [1.807, 2.05) is 22.8 Å². The second-order valence-corrected chi connectivity index (χ2v) is 13.2. The maximum atomic E-state index is 15.2. The summed E-state index contributed by atoms with van der Waals surface area (Å²) in [5, 5.41) is 10.4. The number of hydrogen-bond acceptors (Lipinski definition) is 5. The first kappa shape index (κ1) is 32.8. The number of ether oxygens (including phenoxy) is 1. The van der Waals surface area contributed by atoms with E-state index in [-0.39, 0.29) is 43.6 Å². The summed E-state index contributed by atoms with van der Waals surface area (Å²) in [6, 6.07) is 9.02. The third-order valence-electron chi connectivity index (χ3n) is 9.94. The molecule has 10 heteroatoms. The largest absolute Gasteiger partial charge is 0.480 e. The molecule has 1 N–H and O–H groups in total. The lowest BCUT2D eigenvalue weighted by atomic mass is 9.87. The van der Waals surface area contributed by atoms with Gasteiger partial charge in [0.15, 0.2) is 0 Å². The summed E-state index contributed by atoms with van der Waals surface area (Å²) in [4.78, 5) is 32.5. The van der Waals surface area contributed by atoms with Crippen molar-refractivity contribution in [2.24, 2.45) is 5.92 Å². The number of carbonyl (C=O) groups excluding carboxylic acids is 1. The van der Waals surface area contributed by atoms with E-state index < -0.39 is 23.7 Å². The highest BCUT2D eigenvalue weighted by molar-refractivity contribution is 6.30. The van der Waals surface area contributed by atoms with Gasteiger partial charge in [0.05, 0.1) is 5.92 Å². The fourth-order valence-corrected chi connectivity index (χ4v) is 7.50. The molecular formula is C34H44ClF2N3O4. The van der Waals surface area contributed by atoms with Gasteiger partial charge >= 0.3 is 5.97 Å². The van der Waals surface area contributed by atoms with Crippen molar-refractivity contribution in [2.45, 2.75) is 76.4 Å². The quantitative estimate of drug-likeness (QED) is 0.412. The monoisotopic (exact) mass is 631 g/mol. The van der Waals surface area contributed by atoms with Crippen LogP contribution < -0.4 is 0 Å². The Morgan fingerprint density at radius 3 is 2.39 bits per heavy atom. The van der Waals surface area contributed by atoms with E-state index >= 15 is 4.39 Å². The fraction of sp³-hybridized carbons (Fsp3) is 0.588. The molecule has 4 atom stereocenters. The molecule has 0 radical (unpaired) electrons. The maximum absolute atomic E-state index is 15.2. The molecule has 3 saturated heterocycles. The number of amides is 1. The second kappa shape index (κ2) is 13.8. The topological polar surface area (TPSA) is 73.3 Å². The van der Waals surface area contributed by atoms with Crippen molar-refractivity contribution in [1.29, 1.82) is 0 Å². The number of piperazine rings is 1. The van der Waals surface area contributed by atoms with Crippen LogP contribution in [0.15, 0.2) is 36.4 Å².